The molecule has 6 aromatic rings. The van der Waals surface area contributed by atoms with Gasteiger partial charge in [0.1, 0.15) is 28.5 Å². The van der Waals surface area contributed by atoms with Crippen LogP contribution in [0, 0.1) is 0 Å². The van der Waals surface area contributed by atoms with E-state index in [1.807, 2.05) is 0 Å². The van der Waals surface area contributed by atoms with Crippen molar-refractivity contribution in [3.8, 4) is 0 Å². The lowest BCUT2D eigenvalue weighted by molar-refractivity contribution is 0.827. The van der Waals surface area contributed by atoms with E-state index in [4.69, 9.17) is 0 Å². The number of hydrogen-bond donors (Lipinski definition) is 0. The number of aryl methyl sites for hydroxylation is 1. The quantitative estimate of drug-likeness (QED) is 0.263. The van der Waals surface area contributed by atoms with Gasteiger partial charge >= 0.3 is 0 Å². The molecule has 34 heavy (non-hydrogen) atoms. The first-order valence-corrected chi connectivity index (χ1v) is 13.7. The minimum atomic E-state index is -2.10. The van der Waals surface area contributed by atoms with Crippen LogP contribution in [-0.4, -0.2) is 4.57 Å². The summed E-state index contributed by atoms with van der Waals surface area (Å²) >= 11 is 0. The van der Waals surface area contributed by atoms with E-state index in [-0.39, 0.29) is 0 Å². The SMILES string of the molecule is CCn1c2ccccc2c2cc([P+](c3ccccc3)(c3ccccc3)c3ccccc3)ccc21. The summed E-state index contributed by atoms with van der Waals surface area (Å²) in [5.41, 5.74) is 2.61. The predicted molar refractivity (Wildman–Crippen MR) is 150 cm³/mol. The summed E-state index contributed by atoms with van der Waals surface area (Å²) in [6.45, 7) is 3.19. The molecular weight excluding hydrogens is 429 g/mol. The van der Waals surface area contributed by atoms with E-state index in [2.05, 4.69) is 145 Å². The normalized spacial score (nSPS) is 11.8. The fourth-order valence-corrected chi connectivity index (χ4v) is 9.71. The van der Waals surface area contributed by atoms with Gasteiger partial charge in [-0.25, -0.2) is 0 Å². The Morgan fingerprint density at radius 3 is 1.47 bits per heavy atom. The number of hydrogen-bond acceptors (Lipinski definition) is 0. The Morgan fingerprint density at radius 1 is 0.471 bits per heavy atom. The minimum Gasteiger partial charge on any atom is -0.341 e. The van der Waals surface area contributed by atoms with Gasteiger partial charge in [0, 0.05) is 28.4 Å². The Bertz CT molecular complexity index is 1470. The summed E-state index contributed by atoms with van der Waals surface area (Å²) in [5, 5.41) is 8.20. The maximum atomic E-state index is 2.48. The molecule has 0 spiro atoms. The van der Waals surface area contributed by atoms with Crippen molar-refractivity contribution in [2.24, 2.45) is 0 Å². The van der Waals surface area contributed by atoms with Crippen LogP contribution in [0.15, 0.2) is 133 Å². The molecule has 6 rings (SSSR count). The van der Waals surface area contributed by atoms with Crippen LogP contribution < -0.4 is 21.2 Å². The van der Waals surface area contributed by atoms with Gasteiger partial charge in [-0.05, 0) is 67.6 Å². The second kappa shape index (κ2) is 8.60. The Labute approximate surface area is 201 Å². The zero-order valence-electron chi connectivity index (χ0n) is 19.3. The van der Waals surface area contributed by atoms with E-state index in [0.717, 1.165) is 6.54 Å². The standard InChI is InChI=1S/C32H27NP/c1-2-33-31-21-13-12-20-29(31)30-24-28(22-23-32(30)33)34(25-14-6-3-7-15-25,26-16-8-4-9-17-26)27-18-10-5-11-19-27/h3-24H,2H2,1H3/q+1. The van der Waals surface area contributed by atoms with E-state index in [0.29, 0.717) is 0 Å². The summed E-state index contributed by atoms with van der Waals surface area (Å²) in [6.07, 6.45) is 0. The van der Waals surface area contributed by atoms with Crippen LogP contribution >= 0.6 is 7.26 Å². The van der Waals surface area contributed by atoms with Gasteiger partial charge in [-0.2, -0.15) is 0 Å². The van der Waals surface area contributed by atoms with Crippen molar-refractivity contribution in [1.29, 1.82) is 0 Å². The van der Waals surface area contributed by atoms with Crippen LogP contribution in [0.4, 0.5) is 0 Å². The van der Waals surface area contributed by atoms with Crippen molar-refractivity contribution >= 4 is 50.3 Å². The highest BCUT2D eigenvalue weighted by molar-refractivity contribution is 8.01. The van der Waals surface area contributed by atoms with Crippen molar-refractivity contribution in [1.82, 2.24) is 4.57 Å². The second-order valence-electron chi connectivity index (χ2n) is 8.64. The summed E-state index contributed by atoms with van der Waals surface area (Å²) in [5.74, 6) is 0. The number of fused-ring (bicyclic) bond motifs is 3. The molecule has 0 amide bonds. The van der Waals surface area contributed by atoms with Gasteiger partial charge in [-0.15, -0.1) is 0 Å². The molecule has 0 fully saturated rings. The smallest absolute Gasteiger partial charge is 0.144 e. The average Bonchev–Trinajstić information content (AvgIpc) is 3.24. The van der Waals surface area contributed by atoms with Gasteiger partial charge in [0.05, 0.1) is 0 Å². The highest BCUT2D eigenvalue weighted by Gasteiger charge is 2.47. The molecule has 2 heteroatoms. The zero-order chi connectivity index (χ0) is 23.0. The van der Waals surface area contributed by atoms with Crippen LogP contribution in [0.2, 0.25) is 0 Å². The van der Waals surface area contributed by atoms with Crippen molar-refractivity contribution < 1.29 is 0 Å². The fraction of sp³-hybridized carbons (Fsp3) is 0.0625. The first kappa shape index (κ1) is 20.9. The molecule has 1 heterocycles. The molecule has 0 unspecified atom stereocenters. The van der Waals surface area contributed by atoms with Gasteiger partial charge in [0.25, 0.3) is 0 Å². The molecule has 0 aliphatic rings. The van der Waals surface area contributed by atoms with Gasteiger partial charge in [-0.1, -0.05) is 72.8 Å². The average molecular weight is 457 g/mol. The Balaban J connectivity index is 1.76. The molecule has 0 atom stereocenters. The largest absolute Gasteiger partial charge is 0.341 e. The van der Waals surface area contributed by atoms with E-state index < -0.39 is 7.26 Å². The van der Waals surface area contributed by atoms with E-state index in [1.54, 1.807) is 0 Å². The van der Waals surface area contributed by atoms with Crippen molar-refractivity contribution in [3.63, 3.8) is 0 Å². The van der Waals surface area contributed by atoms with Crippen LogP contribution in [0.3, 0.4) is 0 Å². The highest BCUT2D eigenvalue weighted by Crippen LogP contribution is 2.54. The number of nitrogens with zero attached hydrogens (tertiary/aromatic N) is 1. The molecule has 0 bridgehead atoms. The molecular formula is C32H27NP+. The van der Waals surface area contributed by atoms with Crippen molar-refractivity contribution in [2.45, 2.75) is 13.5 Å². The maximum Gasteiger partial charge on any atom is 0.144 e. The topological polar surface area (TPSA) is 4.93 Å². The molecule has 1 aromatic heterocycles. The number of aromatic nitrogens is 1. The van der Waals surface area contributed by atoms with E-state index >= 15 is 0 Å². The molecule has 0 saturated heterocycles. The number of rotatable bonds is 5. The minimum absolute atomic E-state index is 0.958. The molecule has 0 aliphatic heterocycles. The van der Waals surface area contributed by atoms with Crippen LogP contribution in [0.25, 0.3) is 21.8 Å². The monoisotopic (exact) mass is 456 g/mol. The summed E-state index contributed by atoms with van der Waals surface area (Å²) < 4.78 is 2.43. The van der Waals surface area contributed by atoms with Gasteiger partial charge < -0.3 is 4.57 Å². The predicted octanol–water partition coefficient (Wildman–Crippen LogP) is 6.43. The first-order chi connectivity index (χ1) is 16.8. The lowest BCUT2D eigenvalue weighted by Gasteiger charge is -2.27. The maximum absolute atomic E-state index is 2.48. The van der Waals surface area contributed by atoms with Crippen molar-refractivity contribution in [2.75, 3.05) is 0 Å². The zero-order valence-corrected chi connectivity index (χ0v) is 20.2. The van der Waals surface area contributed by atoms with E-state index in [1.165, 1.54) is 43.0 Å². The third-order valence-corrected chi connectivity index (χ3v) is 11.2. The number of benzene rings is 5. The number of para-hydroxylation sites is 1. The summed E-state index contributed by atoms with van der Waals surface area (Å²) in [6, 6.07) is 49.3. The Hall–Kier alpha value is -3.67. The molecule has 5 aromatic carbocycles. The Kier molecular flexibility index (Phi) is 5.28. The summed E-state index contributed by atoms with van der Waals surface area (Å²) in [4.78, 5) is 0. The molecule has 0 saturated carbocycles. The van der Waals surface area contributed by atoms with Gasteiger partial charge in [-0.3, -0.25) is 0 Å². The molecule has 0 N–H and O–H groups in total. The fourth-order valence-electron chi connectivity index (χ4n) is 5.44. The van der Waals surface area contributed by atoms with E-state index in [9.17, 15) is 0 Å². The van der Waals surface area contributed by atoms with Gasteiger partial charge in [0.15, 0.2) is 0 Å². The molecule has 0 aliphatic carbocycles. The highest BCUT2D eigenvalue weighted by atomic mass is 31.2. The second-order valence-corrected chi connectivity index (χ2v) is 12.0. The first-order valence-electron chi connectivity index (χ1n) is 11.9. The van der Waals surface area contributed by atoms with Crippen LogP contribution in [-0.2, 0) is 6.54 Å². The third-order valence-electron chi connectivity index (χ3n) is 6.89. The lowest BCUT2D eigenvalue weighted by atomic mass is 10.1. The summed E-state index contributed by atoms with van der Waals surface area (Å²) in [7, 11) is -2.10. The molecule has 164 valence electrons. The Morgan fingerprint density at radius 2 is 0.941 bits per heavy atom. The van der Waals surface area contributed by atoms with Crippen molar-refractivity contribution in [3.05, 3.63) is 133 Å². The van der Waals surface area contributed by atoms with Crippen LogP contribution in [0.5, 0.6) is 0 Å². The molecule has 1 nitrogen and oxygen atoms in total. The molecule has 0 radical (unpaired) electrons. The van der Waals surface area contributed by atoms with Gasteiger partial charge in [0.2, 0.25) is 0 Å². The lowest BCUT2D eigenvalue weighted by Crippen LogP contribution is -2.38. The third kappa shape index (κ3) is 3.12. The van der Waals surface area contributed by atoms with Crippen LogP contribution in [0.1, 0.15) is 6.92 Å².